The van der Waals surface area contributed by atoms with E-state index in [9.17, 15) is 0 Å². The molecular formula is C16H19N3O. The molecule has 1 aliphatic rings. The molecule has 0 amide bonds. The van der Waals surface area contributed by atoms with Crippen molar-refractivity contribution in [3.05, 3.63) is 54.1 Å². The molecule has 4 heteroatoms. The van der Waals surface area contributed by atoms with Gasteiger partial charge in [0.1, 0.15) is 12.1 Å². The quantitative estimate of drug-likeness (QED) is 0.876. The van der Waals surface area contributed by atoms with Gasteiger partial charge in [-0.2, -0.15) is 0 Å². The molecular weight excluding hydrogens is 250 g/mol. The average molecular weight is 269 g/mol. The summed E-state index contributed by atoms with van der Waals surface area (Å²) >= 11 is 0. The number of rotatable bonds is 6. The number of nitrogens with zero attached hydrogens (tertiary/aromatic N) is 2. The van der Waals surface area contributed by atoms with Crippen LogP contribution in [-0.2, 0) is 0 Å². The van der Waals surface area contributed by atoms with Gasteiger partial charge in [-0.1, -0.05) is 19.1 Å². The molecule has 1 fully saturated rings. The lowest BCUT2D eigenvalue weighted by molar-refractivity contribution is 0.302. The molecule has 0 saturated heterocycles. The summed E-state index contributed by atoms with van der Waals surface area (Å²) in [7, 11) is 0. The van der Waals surface area contributed by atoms with E-state index in [2.05, 4.69) is 34.3 Å². The van der Waals surface area contributed by atoms with Crippen LogP contribution in [-0.4, -0.2) is 22.6 Å². The monoisotopic (exact) mass is 269 g/mol. The van der Waals surface area contributed by atoms with Crippen molar-refractivity contribution in [2.75, 3.05) is 6.54 Å². The fraction of sp³-hybridized carbons (Fsp3) is 0.375. The van der Waals surface area contributed by atoms with E-state index in [0.717, 1.165) is 17.9 Å². The average Bonchev–Trinajstić information content (AvgIpc) is 3.30. The molecule has 0 radical (unpaired) electrons. The second-order valence-electron chi connectivity index (χ2n) is 5.05. The Labute approximate surface area is 119 Å². The molecule has 0 bridgehead atoms. The Bertz CT molecular complexity index is 555. The first-order valence-electron chi connectivity index (χ1n) is 7.11. The second-order valence-corrected chi connectivity index (χ2v) is 5.05. The van der Waals surface area contributed by atoms with Crippen molar-refractivity contribution in [1.82, 2.24) is 15.3 Å². The molecule has 20 heavy (non-hydrogen) atoms. The zero-order valence-electron chi connectivity index (χ0n) is 11.6. The van der Waals surface area contributed by atoms with Gasteiger partial charge in [-0.15, -0.1) is 0 Å². The Morgan fingerprint density at radius 1 is 1.25 bits per heavy atom. The van der Waals surface area contributed by atoms with Crippen molar-refractivity contribution in [3.63, 3.8) is 0 Å². The Kier molecular flexibility index (Phi) is 3.92. The lowest BCUT2D eigenvalue weighted by Gasteiger charge is -2.19. The fourth-order valence-corrected chi connectivity index (χ4v) is 2.24. The third kappa shape index (κ3) is 3.14. The van der Waals surface area contributed by atoms with Crippen LogP contribution in [0.1, 0.15) is 36.9 Å². The van der Waals surface area contributed by atoms with E-state index in [1.165, 1.54) is 18.4 Å². The molecule has 1 N–H and O–H groups in total. The Balaban J connectivity index is 1.86. The van der Waals surface area contributed by atoms with Crippen molar-refractivity contribution in [2.24, 2.45) is 0 Å². The van der Waals surface area contributed by atoms with Crippen molar-refractivity contribution in [1.29, 1.82) is 0 Å². The first-order valence-corrected chi connectivity index (χ1v) is 7.11. The van der Waals surface area contributed by atoms with Crippen LogP contribution in [0.3, 0.4) is 0 Å². The minimum absolute atomic E-state index is 0.101. The smallest absolute Gasteiger partial charge is 0.120 e. The summed E-state index contributed by atoms with van der Waals surface area (Å²) < 4.78 is 5.87. The van der Waals surface area contributed by atoms with Crippen LogP contribution in [0.25, 0.3) is 0 Å². The minimum atomic E-state index is 0.101. The van der Waals surface area contributed by atoms with Gasteiger partial charge in [0.2, 0.25) is 0 Å². The van der Waals surface area contributed by atoms with Gasteiger partial charge in [-0.05, 0) is 37.1 Å². The first kappa shape index (κ1) is 13.1. The highest BCUT2D eigenvalue weighted by molar-refractivity contribution is 5.35. The van der Waals surface area contributed by atoms with E-state index in [4.69, 9.17) is 4.74 Å². The summed E-state index contributed by atoms with van der Waals surface area (Å²) in [5.74, 6) is 0.949. The third-order valence-electron chi connectivity index (χ3n) is 3.34. The molecule has 2 aromatic rings. The highest BCUT2D eigenvalue weighted by atomic mass is 16.5. The Morgan fingerprint density at radius 3 is 2.75 bits per heavy atom. The van der Waals surface area contributed by atoms with E-state index in [-0.39, 0.29) is 6.04 Å². The van der Waals surface area contributed by atoms with Crippen LogP contribution >= 0.6 is 0 Å². The van der Waals surface area contributed by atoms with Gasteiger partial charge in [0.15, 0.2) is 0 Å². The predicted molar refractivity (Wildman–Crippen MR) is 77.6 cm³/mol. The summed E-state index contributed by atoms with van der Waals surface area (Å²) in [4.78, 5) is 8.22. The van der Waals surface area contributed by atoms with Crippen molar-refractivity contribution in [3.8, 4) is 5.75 Å². The zero-order chi connectivity index (χ0) is 13.8. The third-order valence-corrected chi connectivity index (χ3v) is 3.34. The largest absolute Gasteiger partial charge is 0.490 e. The molecule has 1 unspecified atom stereocenters. The highest BCUT2D eigenvalue weighted by Gasteiger charge is 2.24. The van der Waals surface area contributed by atoms with Crippen LogP contribution in [0, 0.1) is 0 Å². The number of aromatic nitrogens is 2. The standard InChI is InChI=1S/C16H19N3O/c1-2-19-16(13-9-17-11-18-10-13)12-4-3-5-15(8-12)20-14-6-7-14/h3-5,8-11,14,16,19H,2,6-7H2,1H3. The van der Waals surface area contributed by atoms with Crippen molar-refractivity contribution in [2.45, 2.75) is 31.9 Å². The van der Waals surface area contributed by atoms with E-state index in [1.807, 2.05) is 24.5 Å². The Hall–Kier alpha value is -1.94. The maximum absolute atomic E-state index is 5.87. The van der Waals surface area contributed by atoms with E-state index < -0.39 is 0 Å². The first-order chi connectivity index (χ1) is 9.86. The molecule has 0 spiro atoms. The zero-order valence-corrected chi connectivity index (χ0v) is 11.6. The molecule has 1 aromatic heterocycles. The number of nitrogens with one attached hydrogen (secondary N) is 1. The van der Waals surface area contributed by atoms with Gasteiger partial charge < -0.3 is 10.1 Å². The topological polar surface area (TPSA) is 47.0 Å². The SMILES string of the molecule is CCNC(c1cncnc1)c1cccc(OC2CC2)c1. The number of benzene rings is 1. The summed E-state index contributed by atoms with van der Waals surface area (Å²) in [6.07, 6.45) is 8.03. The molecule has 104 valence electrons. The van der Waals surface area contributed by atoms with E-state index in [0.29, 0.717) is 6.10 Å². The van der Waals surface area contributed by atoms with Crippen LogP contribution < -0.4 is 10.1 Å². The van der Waals surface area contributed by atoms with Crippen LogP contribution in [0.15, 0.2) is 43.0 Å². The lowest BCUT2D eigenvalue weighted by Crippen LogP contribution is -2.22. The minimum Gasteiger partial charge on any atom is -0.490 e. The van der Waals surface area contributed by atoms with Gasteiger partial charge in [-0.25, -0.2) is 9.97 Å². The van der Waals surface area contributed by atoms with Crippen LogP contribution in [0.5, 0.6) is 5.75 Å². The number of hydrogen-bond donors (Lipinski definition) is 1. The van der Waals surface area contributed by atoms with E-state index >= 15 is 0 Å². The fourth-order valence-electron chi connectivity index (χ4n) is 2.24. The molecule has 1 heterocycles. The summed E-state index contributed by atoms with van der Waals surface area (Å²) in [5.41, 5.74) is 2.25. The van der Waals surface area contributed by atoms with Gasteiger partial charge in [0, 0.05) is 18.0 Å². The number of ether oxygens (including phenoxy) is 1. The number of hydrogen-bond acceptors (Lipinski definition) is 4. The predicted octanol–water partition coefficient (Wildman–Crippen LogP) is 2.72. The molecule has 3 rings (SSSR count). The van der Waals surface area contributed by atoms with Crippen molar-refractivity contribution >= 4 is 0 Å². The second kappa shape index (κ2) is 6.01. The highest BCUT2D eigenvalue weighted by Crippen LogP contribution is 2.29. The van der Waals surface area contributed by atoms with Gasteiger partial charge in [0.05, 0.1) is 12.1 Å². The van der Waals surface area contributed by atoms with Gasteiger partial charge in [-0.3, -0.25) is 0 Å². The van der Waals surface area contributed by atoms with Gasteiger partial charge >= 0.3 is 0 Å². The van der Waals surface area contributed by atoms with Crippen LogP contribution in [0.4, 0.5) is 0 Å². The summed E-state index contributed by atoms with van der Waals surface area (Å²) in [6.45, 7) is 2.98. The maximum Gasteiger partial charge on any atom is 0.120 e. The van der Waals surface area contributed by atoms with Crippen molar-refractivity contribution < 1.29 is 4.74 Å². The maximum atomic E-state index is 5.87. The molecule has 4 nitrogen and oxygen atoms in total. The van der Waals surface area contributed by atoms with E-state index in [1.54, 1.807) is 6.33 Å². The molecule has 0 aliphatic heterocycles. The normalized spacial score (nSPS) is 15.8. The van der Waals surface area contributed by atoms with Crippen LogP contribution in [0.2, 0.25) is 0 Å². The molecule has 1 atom stereocenters. The molecule has 1 saturated carbocycles. The summed E-state index contributed by atoms with van der Waals surface area (Å²) in [5, 5.41) is 3.48. The lowest BCUT2D eigenvalue weighted by atomic mass is 10.0. The molecule has 1 aromatic carbocycles. The molecule has 1 aliphatic carbocycles. The van der Waals surface area contributed by atoms with Gasteiger partial charge in [0.25, 0.3) is 0 Å². The Morgan fingerprint density at radius 2 is 2.05 bits per heavy atom. The summed E-state index contributed by atoms with van der Waals surface area (Å²) in [6, 6.07) is 8.38.